The van der Waals surface area contributed by atoms with Gasteiger partial charge < -0.3 is 10.6 Å². The summed E-state index contributed by atoms with van der Waals surface area (Å²) >= 11 is 0. The van der Waals surface area contributed by atoms with Crippen LogP contribution in [0.25, 0.3) is 0 Å². The Labute approximate surface area is 104 Å². The predicted octanol–water partition coefficient (Wildman–Crippen LogP) is 2.73. The van der Waals surface area contributed by atoms with Gasteiger partial charge >= 0.3 is 0 Å². The first kappa shape index (κ1) is 12.4. The second-order valence-electron chi connectivity index (χ2n) is 5.39. The maximum Gasteiger partial charge on any atom is 0.133 e. The molecular weight excluding hydrogens is 210 g/mol. The summed E-state index contributed by atoms with van der Waals surface area (Å²) in [5.41, 5.74) is 7.20. The van der Waals surface area contributed by atoms with Gasteiger partial charge in [-0.3, -0.25) is 0 Å². The molecule has 0 spiro atoms. The molecule has 1 aliphatic rings. The van der Waals surface area contributed by atoms with Crippen molar-refractivity contribution in [1.29, 1.82) is 0 Å². The quantitative estimate of drug-likeness (QED) is 0.854. The first-order chi connectivity index (χ1) is 8.09. The van der Waals surface area contributed by atoms with Crippen molar-refractivity contribution in [3.63, 3.8) is 0 Å². The highest BCUT2D eigenvalue weighted by atomic mass is 15.2. The maximum atomic E-state index is 6.03. The fourth-order valence-corrected chi connectivity index (χ4v) is 2.59. The topological polar surface area (TPSA) is 42.2 Å². The molecule has 3 heteroatoms. The number of hydrogen-bond donors (Lipinski definition) is 1. The molecule has 17 heavy (non-hydrogen) atoms. The van der Waals surface area contributed by atoms with Crippen LogP contribution in [-0.2, 0) is 0 Å². The van der Waals surface area contributed by atoms with Crippen molar-refractivity contribution < 1.29 is 0 Å². The van der Waals surface area contributed by atoms with Gasteiger partial charge in [-0.1, -0.05) is 13.0 Å². The minimum atomic E-state index is 0.0446. The monoisotopic (exact) mass is 233 g/mol. The number of rotatable bonds is 2. The van der Waals surface area contributed by atoms with Crippen molar-refractivity contribution >= 4 is 5.82 Å². The third-order valence-corrected chi connectivity index (χ3v) is 3.70. The normalized spacial score (nSPS) is 26.9. The Kier molecular flexibility index (Phi) is 3.67. The molecule has 2 heterocycles. The lowest BCUT2D eigenvalue weighted by Gasteiger charge is -2.39. The van der Waals surface area contributed by atoms with Crippen LogP contribution in [-0.4, -0.2) is 17.6 Å². The van der Waals surface area contributed by atoms with Gasteiger partial charge in [0, 0.05) is 30.4 Å². The lowest BCUT2D eigenvalue weighted by Crippen LogP contribution is -2.42. The Hall–Kier alpha value is -1.09. The van der Waals surface area contributed by atoms with E-state index in [1.807, 2.05) is 19.2 Å². The van der Waals surface area contributed by atoms with Crippen LogP contribution in [0.15, 0.2) is 18.3 Å². The molecule has 1 aromatic heterocycles. The summed E-state index contributed by atoms with van der Waals surface area (Å²) in [6.45, 7) is 7.72. The molecule has 2 rings (SSSR count). The van der Waals surface area contributed by atoms with Crippen LogP contribution in [0, 0.1) is 5.92 Å². The molecular formula is C14H23N3. The van der Waals surface area contributed by atoms with E-state index in [0.717, 1.165) is 23.8 Å². The number of nitrogens with two attached hydrogens (primary N) is 1. The molecule has 94 valence electrons. The first-order valence-electron chi connectivity index (χ1n) is 6.56. The summed E-state index contributed by atoms with van der Waals surface area (Å²) in [7, 11) is 0. The van der Waals surface area contributed by atoms with Gasteiger partial charge in [0.1, 0.15) is 5.82 Å². The summed E-state index contributed by atoms with van der Waals surface area (Å²) < 4.78 is 0. The Balaban J connectivity index is 2.31. The van der Waals surface area contributed by atoms with Crippen molar-refractivity contribution in [2.75, 3.05) is 11.4 Å². The number of aromatic nitrogens is 1. The molecule has 0 aliphatic carbocycles. The van der Waals surface area contributed by atoms with Crippen LogP contribution in [0.2, 0.25) is 0 Å². The zero-order valence-electron chi connectivity index (χ0n) is 11.1. The van der Waals surface area contributed by atoms with Crippen LogP contribution < -0.4 is 10.6 Å². The van der Waals surface area contributed by atoms with Gasteiger partial charge in [-0.15, -0.1) is 0 Å². The molecule has 1 aromatic rings. The molecule has 2 unspecified atom stereocenters. The van der Waals surface area contributed by atoms with Crippen LogP contribution in [0.3, 0.4) is 0 Å². The van der Waals surface area contributed by atoms with E-state index in [1.54, 1.807) is 0 Å². The summed E-state index contributed by atoms with van der Waals surface area (Å²) in [6, 6.07) is 4.68. The van der Waals surface area contributed by atoms with E-state index in [4.69, 9.17) is 5.73 Å². The second kappa shape index (κ2) is 5.05. The Morgan fingerprint density at radius 3 is 2.88 bits per heavy atom. The van der Waals surface area contributed by atoms with Crippen molar-refractivity contribution in [3.8, 4) is 0 Å². The van der Waals surface area contributed by atoms with Gasteiger partial charge in [0.2, 0.25) is 0 Å². The lowest BCUT2D eigenvalue weighted by molar-refractivity contribution is 0.387. The molecule has 0 saturated carbocycles. The largest absolute Gasteiger partial charge is 0.353 e. The van der Waals surface area contributed by atoms with Crippen LogP contribution >= 0.6 is 0 Å². The van der Waals surface area contributed by atoms with Crippen molar-refractivity contribution in [2.24, 2.45) is 11.7 Å². The Bertz CT molecular complexity index is 375. The fraction of sp³-hybridized carbons (Fsp3) is 0.643. The zero-order valence-corrected chi connectivity index (χ0v) is 11.1. The van der Waals surface area contributed by atoms with Crippen molar-refractivity contribution in [1.82, 2.24) is 4.98 Å². The first-order valence-corrected chi connectivity index (χ1v) is 6.56. The summed E-state index contributed by atoms with van der Waals surface area (Å²) in [5, 5.41) is 0. The number of nitrogens with zero attached hydrogens (tertiary/aromatic N) is 2. The van der Waals surface area contributed by atoms with E-state index in [1.165, 1.54) is 12.8 Å². The summed E-state index contributed by atoms with van der Waals surface area (Å²) in [4.78, 5) is 6.98. The average Bonchev–Trinajstić information content (AvgIpc) is 2.32. The molecule has 0 radical (unpaired) electrons. The van der Waals surface area contributed by atoms with E-state index >= 15 is 0 Å². The minimum absolute atomic E-state index is 0.0446. The molecule has 0 bridgehead atoms. The SMILES string of the molecule is CC1CCC(C)N(c2ncccc2[C@@H](C)N)C1. The molecule has 1 saturated heterocycles. The smallest absolute Gasteiger partial charge is 0.133 e. The molecule has 1 fully saturated rings. The molecule has 2 N–H and O–H groups in total. The third kappa shape index (κ3) is 2.60. The van der Waals surface area contributed by atoms with Gasteiger partial charge in [-0.05, 0) is 38.7 Å². The van der Waals surface area contributed by atoms with E-state index in [0.29, 0.717) is 6.04 Å². The molecule has 0 aromatic carbocycles. The van der Waals surface area contributed by atoms with Gasteiger partial charge in [-0.2, -0.15) is 0 Å². The van der Waals surface area contributed by atoms with Crippen LogP contribution in [0.5, 0.6) is 0 Å². The van der Waals surface area contributed by atoms with E-state index in [-0.39, 0.29) is 6.04 Å². The number of pyridine rings is 1. The summed E-state index contributed by atoms with van der Waals surface area (Å²) in [6.07, 6.45) is 4.43. The van der Waals surface area contributed by atoms with Gasteiger partial charge in [0.25, 0.3) is 0 Å². The van der Waals surface area contributed by atoms with E-state index < -0.39 is 0 Å². The average molecular weight is 233 g/mol. The van der Waals surface area contributed by atoms with Gasteiger partial charge in [0.15, 0.2) is 0 Å². The highest BCUT2D eigenvalue weighted by molar-refractivity contribution is 5.49. The van der Waals surface area contributed by atoms with Gasteiger partial charge in [-0.25, -0.2) is 4.98 Å². The highest BCUT2D eigenvalue weighted by Gasteiger charge is 2.26. The van der Waals surface area contributed by atoms with Crippen molar-refractivity contribution in [3.05, 3.63) is 23.9 Å². The number of anilines is 1. The van der Waals surface area contributed by atoms with Gasteiger partial charge in [0.05, 0.1) is 0 Å². The Morgan fingerprint density at radius 2 is 2.18 bits per heavy atom. The fourth-order valence-electron chi connectivity index (χ4n) is 2.59. The second-order valence-corrected chi connectivity index (χ2v) is 5.39. The molecule has 3 nitrogen and oxygen atoms in total. The molecule has 3 atom stereocenters. The maximum absolute atomic E-state index is 6.03. The van der Waals surface area contributed by atoms with Crippen LogP contribution in [0.4, 0.5) is 5.82 Å². The molecule has 1 aliphatic heterocycles. The van der Waals surface area contributed by atoms with E-state index in [9.17, 15) is 0 Å². The predicted molar refractivity (Wildman–Crippen MR) is 72.0 cm³/mol. The molecule has 0 amide bonds. The number of hydrogen-bond acceptors (Lipinski definition) is 3. The lowest BCUT2D eigenvalue weighted by atomic mass is 9.94. The minimum Gasteiger partial charge on any atom is -0.353 e. The van der Waals surface area contributed by atoms with Crippen molar-refractivity contribution in [2.45, 2.75) is 45.7 Å². The highest BCUT2D eigenvalue weighted by Crippen LogP contribution is 2.30. The number of piperidine rings is 1. The summed E-state index contributed by atoms with van der Waals surface area (Å²) in [5.74, 6) is 1.83. The standard InChI is InChI=1S/C14H23N3/c1-10-6-7-11(2)17(9-10)14-13(12(3)15)5-4-8-16-14/h4-5,8,10-12H,6-7,9,15H2,1-3H3/t10?,11?,12-/m1/s1. The Morgan fingerprint density at radius 1 is 1.41 bits per heavy atom. The third-order valence-electron chi connectivity index (χ3n) is 3.70. The van der Waals surface area contributed by atoms with E-state index in [2.05, 4.69) is 29.8 Å². The van der Waals surface area contributed by atoms with Crippen LogP contribution in [0.1, 0.15) is 45.2 Å². The zero-order chi connectivity index (χ0) is 12.4.